The van der Waals surface area contributed by atoms with Crippen LogP contribution in [0.1, 0.15) is 0 Å². The molecule has 0 radical (unpaired) electrons. The number of hydrogen-bond acceptors (Lipinski definition) is 3. The first-order valence-corrected chi connectivity index (χ1v) is 5.34. The number of hydrogen-bond donors (Lipinski definition) is 0. The zero-order valence-corrected chi connectivity index (χ0v) is 9.58. The Hall–Kier alpha value is -1.27. The van der Waals surface area contributed by atoms with Crippen LogP contribution in [0.2, 0.25) is 0 Å². The van der Waals surface area contributed by atoms with Crippen molar-refractivity contribution in [2.45, 2.75) is 0 Å². The molecule has 0 saturated heterocycles. The number of benzene rings is 2. The molecule has 0 fully saturated rings. The van der Waals surface area contributed by atoms with Crippen molar-refractivity contribution in [2.24, 2.45) is 0 Å². The van der Waals surface area contributed by atoms with Gasteiger partial charge in [-0.3, -0.25) is 0 Å². The Balaban J connectivity index is 0.00000162. The van der Waals surface area contributed by atoms with Gasteiger partial charge in [0.05, 0.1) is 0 Å². The van der Waals surface area contributed by atoms with Crippen LogP contribution in [-0.4, -0.2) is 34.2 Å². The first-order chi connectivity index (χ1) is 8.38. The summed E-state index contributed by atoms with van der Waals surface area (Å²) in [5, 5.41) is 0. The first kappa shape index (κ1) is 14.8. The second-order valence-corrected chi connectivity index (χ2v) is 3.39. The SMILES string of the molecule is BOB(Oc1ccccc1)Oc1ccccc1.[LiH]. The maximum atomic E-state index is 5.52. The van der Waals surface area contributed by atoms with Gasteiger partial charge in [-0.15, -0.1) is 0 Å². The fourth-order valence-electron chi connectivity index (χ4n) is 1.34. The molecule has 0 aliphatic carbocycles. The molecule has 0 aromatic heterocycles. The summed E-state index contributed by atoms with van der Waals surface area (Å²) in [4.78, 5) is 0. The Morgan fingerprint density at radius 2 is 1.11 bits per heavy atom. The summed E-state index contributed by atoms with van der Waals surface area (Å²) in [7, 11) is 0.788. The van der Waals surface area contributed by atoms with Crippen LogP contribution >= 0.6 is 0 Å². The molecule has 0 heterocycles. The molecule has 3 nitrogen and oxygen atoms in total. The van der Waals surface area contributed by atoms with Crippen molar-refractivity contribution in [1.82, 2.24) is 0 Å². The third kappa shape index (κ3) is 4.54. The predicted octanol–water partition coefficient (Wildman–Crippen LogP) is 1.05. The van der Waals surface area contributed by atoms with Crippen LogP contribution in [0.25, 0.3) is 0 Å². The van der Waals surface area contributed by atoms with E-state index in [4.69, 9.17) is 13.9 Å². The quantitative estimate of drug-likeness (QED) is 0.723. The average molecular weight is 234 g/mol. The molecule has 0 saturated carbocycles. The van der Waals surface area contributed by atoms with Gasteiger partial charge < -0.3 is 13.9 Å². The number of para-hydroxylation sites is 2. The van der Waals surface area contributed by atoms with Crippen molar-refractivity contribution in [1.29, 1.82) is 0 Å². The molecule has 18 heavy (non-hydrogen) atoms. The molecular weight excluding hydrogens is 221 g/mol. The molecule has 0 unspecified atom stereocenters. The molecule has 0 amide bonds. The van der Waals surface area contributed by atoms with Crippen LogP contribution in [0.4, 0.5) is 0 Å². The maximum absolute atomic E-state index is 5.52. The van der Waals surface area contributed by atoms with E-state index in [1.165, 1.54) is 8.05 Å². The summed E-state index contributed by atoms with van der Waals surface area (Å²) < 4.78 is 16.2. The van der Waals surface area contributed by atoms with Gasteiger partial charge in [0.1, 0.15) is 11.5 Å². The molecule has 0 aliphatic rings. The van der Waals surface area contributed by atoms with E-state index < -0.39 is 7.32 Å². The second kappa shape index (κ2) is 7.94. The zero-order chi connectivity index (χ0) is 11.9. The van der Waals surface area contributed by atoms with E-state index >= 15 is 0 Å². The van der Waals surface area contributed by atoms with Crippen LogP contribution in [0.3, 0.4) is 0 Å². The van der Waals surface area contributed by atoms with E-state index in [0.717, 1.165) is 0 Å². The normalized spacial score (nSPS) is 9.11. The standard InChI is InChI=1S/C12H12B2O3.Li.H/c13-17-14(15-11-7-3-1-4-8-11)16-12-9-5-2-6-10-12;;/h1-10H,13H2;;. The Kier molecular flexibility index (Phi) is 6.52. The summed E-state index contributed by atoms with van der Waals surface area (Å²) in [6, 6.07) is 18.8. The van der Waals surface area contributed by atoms with Crippen LogP contribution < -0.4 is 9.31 Å². The summed E-state index contributed by atoms with van der Waals surface area (Å²) in [6.07, 6.45) is 0. The van der Waals surface area contributed by atoms with Gasteiger partial charge in [0.2, 0.25) is 8.05 Å². The summed E-state index contributed by atoms with van der Waals surface area (Å²) in [5.41, 5.74) is 0. The summed E-state index contributed by atoms with van der Waals surface area (Å²) >= 11 is 0. The molecule has 86 valence electrons. The summed E-state index contributed by atoms with van der Waals surface area (Å²) in [6.45, 7) is 0. The molecule has 2 rings (SSSR count). The zero-order valence-electron chi connectivity index (χ0n) is 9.58. The third-order valence-electron chi connectivity index (χ3n) is 2.14. The third-order valence-corrected chi connectivity index (χ3v) is 2.14. The molecule has 6 heteroatoms. The van der Waals surface area contributed by atoms with Gasteiger partial charge in [-0.1, -0.05) is 36.4 Å². The fourth-order valence-corrected chi connectivity index (χ4v) is 1.34. The monoisotopic (exact) mass is 234 g/mol. The van der Waals surface area contributed by atoms with Crippen molar-refractivity contribution >= 4 is 34.2 Å². The van der Waals surface area contributed by atoms with E-state index in [1.807, 2.05) is 60.7 Å². The van der Waals surface area contributed by atoms with E-state index in [-0.39, 0.29) is 18.9 Å². The van der Waals surface area contributed by atoms with Gasteiger partial charge in [-0.05, 0) is 24.3 Å². The van der Waals surface area contributed by atoms with Gasteiger partial charge in [-0.2, -0.15) is 0 Å². The molecule has 0 spiro atoms. The van der Waals surface area contributed by atoms with E-state index in [2.05, 4.69) is 0 Å². The molecule has 0 N–H and O–H groups in total. The van der Waals surface area contributed by atoms with Crippen molar-refractivity contribution in [2.75, 3.05) is 0 Å². The van der Waals surface area contributed by atoms with Gasteiger partial charge in [0, 0.05) is 0 Å². The van der Waals surface area contributed by atoms with Crippen molar-refractivity contribution in [3.8, 4) is 11.5 Å². The van der Waals surface area contributed by atoms with Crippen LogP contribution in [-0.2, 0) is 4.57 Å². The molecular formula is C12H13B2LiO3. The van der Waals surface area contributed by atoms with Gasteiger partial charge >= 0.3 is 26.2 Å². The Morgan fingerprint density at radius 1 is 0.722 bits per heavy atom. The average Bonchev–Trinajstić information content (AvgIpc) is 2.40. The van der Waals surface area contributed by atoms with Gasteiger partial charge in [0.15, 0.2) is 0 Å². The Bertz CT molecular complexity index is 400. The minimum atomic E-state index is -0.750. The van der Waals surface area contributed by atoms with Crippen molar-refractivity contribution < 1.29 is 13.9 Å². The molecule has 2 aromatic carbocycles. The minimum absolute atomic E-state index is 0. The topological polar surface area (TPSA) is 27.7 Å². The first-order valence-electron chi connectivity index (χ1n) is 5.34. The van der Waals surface area contributed by atoms with Crippen LogP contribution in [0.15, 0.2) is 60.7 Å². The number of rotatable bonds is 5. The fraction of sp³-hybridized carbons (Fsp3) is 0. The summed E-state index contributed by atoms with van der Waals surface area (Å²) in [5.74, 6) is 1.41. The second-order valence-electron chi connectivity index (χ2n) is 3.39. The van der Waals surface area contributed by atoms with Crippen LogP contribution in [0, 0.1) is 0 Å². The van der Waals surface area contributed by atoms with E-state index in [1.54, 1.807) is 0 Å². The Morgan fingerprint density at radius 3 is 1.44 bits per heavy atom. The predicted molar refractivity (Wildman–Crippen MR) is 76.7 cm³/mol. The molecule has 0 bridgehead atoms. The Labute approximate surface area is 120 Å². The van der Waals surface area contributed by atoms with E-state index in [0.29, 0.717) is 11.5 Å². The van der Waals surface area contributed by atoms with E-state index in [9.17, 15) is 0 Å². The molecule has 2 aromatic rings. The van der Waals surface area contributed by atoms with Gasteiger partial charge in [-0.25, -0.2) is 0 Å². The van der Waals surface area contributed by atoms with Crippen molar-refractivity contribution in [3.63, 3.8) is 0 Å². The van der Waals surface area contributed by atoms with Crippen LogP contribution in [0.5, 0.6) is 11.5 Å². The molecule has 0 aliphatic heterocycles. The van der Waals surface area contributed by atoms with Gasteiger partial charge in [0.25, 0.3) is 0 Å². The van der Waals surface area contributed by atoms with Crippen molar-refractivity contribution in [3.05, 3.63) is 60.7 Å². The molecule has 0 atom stereocenters.